The number of nitrogens with zero attached hydrogens (tertiary/aromatic N) is 1. The summed E-state index contributed by atoms with van der Waals surface area (Å²) in [6.45, 7) is 4.89. The molecule has 0 radical (unpaired) electrons. The number of benzene rings is 1. The smallest absolute Gasteiger partial charge is 0.275 e. The van der Waals surface area contributed by atoms with Crippen molar-refractivity contribution >= 4 is 15.9 Å². The van der Waals surface area contributed by atoms with Crippen LogP contribution in [0, 0.1) is 5.92 Å². The molecule has 2 aliphatic rings. The van der Waals surface area contributed by atoms with Crippen LogP contribution < -0.4 is 10.2 Å². The van der Waals surface area contributed by atoms with Crippen molar-refractivity contribution in [1.29, 1.82) is 0 Å². The zero-order valence-electron chi connectivity index (χ0n) is 15.5. The van der Waals surface area contributed by atoms with Crippen molar-refractivity contribution in [2.45, 2.75) is 43.5 Å². The van der Waals surface area contributed by atoms with Crippen LogP contribution >= 0.6 is 0 Å². The van der Waals surface area contributed by atoms with E-state index in [1.54, 1.807) is 24.3 Å². The highest BCUT2D eigenvalue weighted by molar-refractivity contribution is 7.89. The third kappa shape index (κ3) is 4.64. The number of amides is 1. The number of quaternary nitrogens is 1. The van der Waals surface area contributed by atoms with Gasteiger partial charge in [-0.1, -0.05) is 38.0 Å². The van der Waals surface area contributed by atoms with E-state index in [1.165, 1.54) is 23.6 Å². The fraction of sp³-hybridized carbons (Fsp3) is 0.632. The summed E-state index contributed by atoms with van der Waals surface area (Å²) >= 11 is 0. The second-order valence-electron chi connectivity index (χ2n) is 7.58. The van der Waals surface area contributed by atoms with Crippen LogP contribution in [0.5, 0.6) is 0 Å². The van der Waals surface area contributed by atoms with Gasteiger partial charge < -0.3 is 10.2 Å². The van der Waals surface area contributed by atoms with E-state index in [1.807, 2.05) is 6.07 Å². The molecule has 1 aliphatic heterocycles. The second kappa shape index (κ2) is 8.50. The van der Waals surface area contributed by atoms with Crippen LogP contribution in [0.3, 0.4) is 0 Å². The molecule has 26 heavy (non-hydrogen) atoms. The number of sulfonamides is 1. The molecule has 144 valence electrons. The van der Waals surface area contributed by atoms with E-state index >= 15 is 0 Å². The zero-order valence-corrected chi connectivity index (χ0v) is 16.3. The summed E-state index contributed by atoms with van der Waals surface area (Å²) in [5.74, 6) is 0.647. The lowest BCUT2D eigenvalue weighted by Gasteiger charge is -2.33. The summed E-state index contributed by atoms with van der Waals surface area (Å²) in [5, 5.41) is 3.19. The first-order valence-corrected chi connectivity index (χ1v) is 11.1. The molecule has 1 heterocycles. The van der Waals surface area contributed by atoms with Gasteiger partial charge >= 0.3 is 0 Å². The molecule has 1 aromatic carbocycles. The van der Waals surface area contributed by atoms with Gasteiger partial charge in [0.15, 0.2) is 6.54 Å². The molecule has 2 atom stereocenters. The van der Waals surface area contributed by atoms with Gasteiger partial charge in [-0.2, -0.15) is 4.31 Å². The van der Waals surface area contributed by atoms with Crippen molar-refractivity contribution < 1.29 is 18.1 Å². The Kier molecular flexibility index (Phi) is 6.32. The van der Waals surface area contributed by atoms with Crippen LogP contribution in [-0.4, -0.2) is 57.4 Å². The molecule has 2 N–H and O–H groups in total. The summed E-state index contributed by atoms with van der Waals surface area (Å²) in [4.78, 5) is 13.9. The van der Waals surface area contributed by atoms with E-state index in [-0.39, 0.29) is 5.91 Å². The van der Waals surface area contributed by atoms with Gasteiger partial charge in [0.05, 0.1) is 31.1 Å². The molecule has 1 saturated carbocycles. The molecule has 1 aromatic rings. The van der Waals surface area contributed by atoms with Gasteiger partial charge in [0.25, 0.3) is 5.91 Å². The van der Waals surface area contributed by atoms with Crippen LogP contribution in [0.4, 0.5) is 0 Å². The fourth-order valence-corrected chi connectivity index (χ4v) is 5.44. The van der Waals surface area contributed by atoms with Crippen LogP contribution in [0.25, 0.3) is 0 Å². The molecule has 0 spiro atoms. The number of carbonyl (C=O) groups excluding carboxylic acids is 1. The van der Waals surface area contributed by atoms with E-state index in [9.17, 15) is 13.2 Å². The lowest BCUT2D eigenvalue weighted by molar-refractivity contribution is -0.895. The predicted molar refractivity (Wildman–Crippen MR) is 100 cm³/mol. The zero-order chi connectivity index (χ0) is 18.6. The molecule has 6 nitrogen and oxygen atoms in total. The van der Waals surface area contributed by atoms with E-state index in [0.29, 0.717) is 49.6 Å². The first-order valence-electron chi connectivity index (χ1n) is 9.65. The summed E-state index contributed by atoms with van der Waals surface area (Å²) in [5.41, 5.74) is 0. The Morgan fingerprint density at radius 1 is 1.15 bits per heavy atom. The molecule has 3 rings (SSSR count). The number of hydrogen-bond donors (Lipinski definition) is 2. The number of carbonyl (C=O) groups is 1. The minimum atomic E-state index is -3.42. The Morgan fingerprint density at radius 3 is 2.46 bits per heavy atom. The maximum Gasteiger partial charge on any atom is 0.275 e. The molecule has 0 unspecified atom stereocenters. The van der Waals surface area contributed by atoms with Crippen LogP contribution in [0.15, 0.2) is 35.2 Å². The van der Waals surface area contributed by atoms with Gasteiger partial charge in [0.2, 0.25) is 10.0 Å². The predicted octanol–water partition coefficient (Wildman–Crippen LogP) is 0.271. The monoisotopic (exact) mass is 380 g/mol. The fourth-order valence-electron chi connectivity index (χ4n) is 3.98. The number of hydrogen-bond acceptors (Lipinski definition) is 3. The van der Waals surface area contributed by atoms with E-state index < -0.39 is 10.0 Å². The van der Waals surface area contributed by atoms with Crippen molar-refractivity contribution in [3.8, 4) is 0 Å². The molecule has 1 saturated heterocycles. The molecule has 1 amide bonds. The maximum absolute atomic E-state index is 12.7. The van der Waals surface area contributed by atoms with Crippen LogP contribution in [0.2, 0.25) is 0 Å². The molecule has 1 aliphatic carbocycles. The minimum absolute atomic E-state index is 0.0955. The average Bonchev–Trinajstić information content (AvgIpc) is 2.65. The number of rotatable bonds is 5. The standard InChI is InChI=1S/C19H29N3O3S/c1-16-7-5-6-10-18(16)20-19(23)15-21-11-13-22(14-12-21)26(24,25)17-8-3-2-4-9-17/h2-4,8-9,16,18H,5-7,10-15H2,1H3,(H,20,23)/p+1/t16-,18+/m1/s1. The first-order chi connectivity index (χ1) is 12.5. The Morgan fingerprint density at radius 2 is 1.81 bits per heavy atom. The Balaban J connectivity index is 1.48. The summed E-state index contributed by atoms with van der Waals surface area (Å²) < 4.78 is 26.8. The summed E-state index contributed by atoms with van der Waals surface area (Å²) in [6, 6.07) is 8.86. The number of nitrogens with one attached hydrogen (secondary N) is 2. The van der Waals surface area contributed by atoms with Crippen molar-refractivity contribution in [3.63, 3.8) is 0 Å². The van der Waals surface area contributed by atoms with Gasteiger partial charge in [0, 0.05) is 6.04 Å². The van der Waals surface area contributed by atoms with Crippen molar-refractivity contribution in [3.05, 3.63) is 30.3 Å². The number of piperazine rings is 1. The summed E-state index contributed by atoms with van der Waals surface area (Å²) in [6.07, 6.45) is 4.72. The molecular weight excluding hydrogens is 350 g/mol. The normalized spacial score (nSPS) is 25.7. The van der Waals surface area contributed by atoms with Gasteiger partial charge in [-0.05, 0) is 30.9 Å². The third-order valence-electron chi connectivity index (χ3n) is 5.68. The molecule has 2 fully saturated rings. The highest BCUT2D eigenvalue weighted by Gasteiger charge is 2.31. The second-order valence-corrected chi connectivity index (χ2v) is 9.52. The summed E-state index contributed by atoms with van der Waals surface area (Å²) in [7, 11) is -3.42. The van der Waals surface area contributed by atoms with Crippen molar-refractivity contribution in [2.75, 3.05) is 32.7 Å². The molecular formula is C19H30N3O3S+. The highest BCUT2D eigenvalue weighted by Crippen LogP contribution is 2.23. The van der Waals surface area contributed by atoms with E-state index in [0.717, 1.165) is 11.3 Å². The van der Waals surface area contributed by atoms with Gasteiger partial charge in [-0.15, -0.1) is 0 Å². The Bertz CT molecular complexity index is 700. The maximum atomic E-state index is 12.7. The lowest BCUT2D eigenvalue weighted by atomic mass is 9.86. The molecule has 0 bridgehead atoms. The topological polar surface area (TPSA) is 70.9 Å². The average molecular weight is 381 g/mol. The quantitative estimate of drug-likeness (QED) is 0.770. The van der Waals surface area contributed by atoms with Crippen LogP contribution in [0.1, 0.15) is 32.6 Å². The van der Waals surface area contributed by atoms with Crippen molar-refractivity contribution in [1.82, 2.24) is 9.62 Å². The minimum Gasteiger partial charge on any atom is -0.348 e. The van der Waals surface area contributed by atoms with Gasteiger partial charge in [-0.25, -0.2) is 8.42 Å². The van der Waals surface area contributed by atoms with E-state index in [2.05, 4.69) is 12.2 Å². The van der Waals surface area contributed by atoms with E-state index in [4.69, 9.17) is 0 Å². The van der Waals surface area contributed by atoms with Gasteiger partial charge in [0.1, 0.15) is 0 Å². The molecule has 7 heteroatoms. The Hall–Kier alpha value is -1.44. The largest absolute Gasteiger partial charge is 0.348 e. The first kappa shape index (κ1) is 19.3. The Labute approximate surface area is 156 Å². The third-order valence-corrected chi connectivity index (χ3v) is 7.59. The van der Waals surface area contributed by atoms with Crippen molar-refractivity contribution in [2.24, 2.45) is 5.92 Å². The molecule has 0 aromatic heterocycles. The van der Waals surface area contributed by atoms with Gasteiger partial charge in [-0.3, -0.25) is 4.79 Å². The lowest BCUT2D eigenvalue weighted by Crippen LogP contribution is -3.15. The highest BCUT2D eigenvalue weighted by atomic mass is 32.2. The SMILES string of the molecule is C[C@@H]1CCCC[C@@H]1NC(=O)C[NH+]1CCN(S(=O)(=O)c2ccccc2)CC1. The van der Waals surface area contributed by atoms with Crippen LogP contribution in [-0.2, 0) is 14.8 Å².